The molecular weight excluding hydrogens is 330 g/mol. The summed E-state index contributed by atoms with van der Waals surface area (Å²) in [6.07, 6.45) is 1.70. The van der Waals surface area contributed by atoms with Crippen LogP contribution in [0.2, 0.25) is 0 Å². The van der Waals surface area contributed by atoms with Crippen molar-refractivity contribution in [3.8, 4) is 0 Å². The van der Waals surface area contributed by atoms with Gasteiger partial charge in [-0.15, -0.1) is 0 Å². The van der Waals surface area contributed by atoms with E-state index >= 15 is 0 Å². The number of nitrogens with one attached hydrogen (secondary N) is 2. The number of rotatable bonds is 2. The monoisotopic (exact) mass is 343 g/mol. The molecule has 21 heavy (non-hydrogen) atoms. The van der Waals surface area contributed by atoms with Gasteiger partial charge in [0.2, 0.25) is 0 Å². The number of aromatic nitrogens is 1. The first-order chi connectivity index (χ1) is 10.0. The topological polar surface area (TPSA) is 70.9 Å². The standard InChI is InChI=1S/C16H14BrN3O/c1-9-6-10(17)2-4-14(9)20-16(21)13-8-19-15-5-3-11(18)7-12(13)15/h2-8,19H,18H2,1H3,(H,20,21). The fourth-order valence-corrected chi connectivity index (χ4v) is 2.76. The van der Waals surface area contributed by atoms with E-state index in [1.54, 1.807) is 18.3 Å². The normalized spacial score (nSPS) is 10.8. The van der Waals surface area contributed by atoms with E-state index in [9.17, 15) is 4.79 Å². The van der Waals surface area contributed by atoms with Gasteiger partial charge in [0.25, 0.3) is 5.91 Å². The van der Waals surface area contributed by atoms with E-state index in [0.717, 1.165) is 26.6 Å². The average molecular weight is 344 g/mol. The number of amides is 1. The Hall–Kier alpha value is -2.27. The van der Waals surface area contributed by atoms with E-state index in [4.69, 9.17) is 5.73 Å². The lowest BCUT2D eigenvalue weighted by molar-refractivity contribution is 0.102. The van der Waals surface area contributed by atoms with Crippen molar-refractivity contribution in [3.05, 3.63) is 58.2 Å². The van der Waals surface area contributed by atoms with Crippen LogP contribution in [0, 0.1) is 6.92 Å². The predicted molar refractivity (Wildman–Crippen MR) is 89.5 cm³/mol. The molecule has 4 nitrogen and oxygen atoms in total. The molecule has 1 aromatic heterocycles. The summed E-state index contributed by atoms with van der Waals surface area (Å²) in [6.45, 7) is 1.95. The Balaban J connectivity index is 1.95. The number of anilines is 2. The SMILES string of the molecule is Cc1cc(Br)ccc1NC(=O)c1c[nH]c2ccc(N)cc12. The number of nitrogens with two attached hydrogens (primary N) is 1. The number of nitrogen functional groups attached to an aromatic ring is 1. The molecule has 3 aromatic rings. The lowest BCUT2D eigenvalue weighted by atomic mass is 10.1. The number of halogens is 1. The molecule has 106 valence electrons. The predicted octanol–water partition coefficient (Wildman–Crippen LogP) is 4.07. The fourth-order valence-electron chi connectivity index (χ4n) is 2.28. The Morgan fingerprint density at radius 2 is 2.05 bits per heavy atom. The van der Waals surface area contributed by atoms with E-state index in [1.807, 2.05) is 31.2 Å². The second kappa shape index (κ2) is 5.26. The van der Waals surface area contributed by atoms with Crippen LogP contribution in [-0.4, -0.2) is 10.9 Å². The van der Waals surface area contributed by atoms with Crippen molar-refractivity contribution in [2.45, 2.75) is 6.92 Å². The van der Waals surface area contributed by atoms with Gasteiger partial charge in [-0.1, -0.05) is 15.9 Å². The largest absolute Gasteiger partial charge is 0.399 e. The van der Waals surface area contributed by atoms with Crippen molar-refractivity contribution in [3.63, 3.8) is 0 Å². The Morgan fingerprint density at radius 3 is 2.81 bits per heavy atom. The van der Waals surface area contributed by atoms with Gasteiger partial charge >= 0.3 is 0 Å². The summed E-state index contributed by atoms with van der Waals surface area (Å²) in [7, 11) is 0. The summed E-state index contributed by atoms with van der Waals surface area (Å²) in [5.41, 5.74) is 9.69. The Morgan fingerprint density at radius 1 is 1.24 bits per heavy atom. The molecule has 0 spiro atoms. The third-order valence-corrected chi connectivity index (χ3v) is 3.88. The van der Waals surface area contributed by atoms with Crippen molar-refractivity contribution >= 4 is 44.1 Å². The van der Waals surface area contributed by atoms with Crippen LogP contribution in [-0.2, 0) is 0 Å². The zero-order chi connectivity index (χ0) is 15.0. The first-order valence-electron chi connectivity index (χ1n) is 6.49. The molecule has 1 amide bonds. The Labute approximate surface area is 130 Å². The number of hydrogen-bond acceptors (Lipinski definition) is 2. The molecule has 2 aromatic carbocycles. The van der Waals surface area contributed by atoms with Crippen molar-refractivity contribution < 1.29 is 4.79 Å². The molecule has 1 heterocycles. The summed E-state index contributed by atoms with van der Waals surface area (Å²) in [4.78, 5) is 15.5. The van der Waals surface area contributed by atoms with Crippen LogP contribution in [0.1, 0.15) is 15.9 Å². The molecule has 0 aliphatic carbocycles. The average Bonchev–Trinajstić information content (AvgIpc) is 2.85. The number of aromatic amines is 1. The highest BCUT2D eigenvalue weighted by molar-refractivity contribution is 9.10. The van der Waals surface area contributed by atoms with Gasteiger partial charge < -0.3 is 16.0 Å². The van der Waals surface area contributed by atoms with Gasteiger partial charge in [0.15, 0.2) is 0 Å². The number of carbonyl (C=O) groups excluding carboxylic acids is 1. The minimum absolute atomic E-state index is 0.155. The van der Waals surface area contributed by atoms with Crippen LogP contribution in [0.25, 0.3) is 10.9 Å². The molecule has 0 aliphatic rings. The summed E-state index contributed by atoms with van der Waals surface area (Å²) in [5.74, 6) is -0.155. The number of H-pyrrole nitrogens is 1. The van der Waals surface area contributed by atoms with Crippen LogP contribution in [0.4, 0.5) is 11.4 Å². The molecule has 0 atom stereocenters. The molecule has 0 radical (unpaired) electrons. The second-order valence-corrected chi connectivity index (χ2v) is 5.84. The van der Waals surface area contributed by atoms with E-state index in [0.29, 0.717) is 11.3 Å². The lowest BCUT2D eigenvalue weighted by Gasteiger charge is -2.08. The van der Waals surface area contributed by atoms with Crippen molar-refractivity contribution in [2.75, 3.05) is 11.1 Å². The third-order valence-electron chi connectivity index (χ3n) is 3.39. The molecule has 0 unspecified atom stereocenters. The maximum absolute atomic E-state index is 12.5. The van der Waals surface area contributed by atoms with Gasteiger partial charge in [0.1, 0.15) is 0 Å². The first-order valence-corrected chi connectivity index (χ1v) is 7.28. The number of benzene rings is 2. The van der Waals surface area contributed by atoms with E-state index in [2.05, 4.69) is 26.2 Å². The minimum atomic E-state index is -0.155. The van der Waals surface area contributed by atoms with Crippen LogP contribution >= 0.6 is 15.9 Å². The molecular formula is C16H14BrN3O. The second-order valence-electron chi connectivity index (χ2n) is 4.92. The molecule has 0 bridgehead atoms. The third kappa shape index (κ3) is 2.64. The smallest absolute Gasteiger partial charge is 0.257 e. The van der Waals surface area contributed by atoms with Gasteiger partial charge in [-0.25, -0.2) is 0 Å². The summed E-state index contributed by atoms with van der Waals surface area (Å²) in [6, 6.07) is 11.2. The number of fused-ring (bicyclic) bond motifs is 1. The molecule has 0 saturated carbocycles. The van der Waals surface area contributed by atoms with E-state index < -0.39 is 0 Å². The van der Waals surface area contributed by atoms with Crippen LogP contribution in [0.15, 0.2) is 47.1 Å². The summed E-state index contributed by atoms with van der Waals surface area (Å²) >= 11 is 3.41. The summed E-state index contributed by atoms with van der Waals surface area (Å²) in [5, 5.41) is 3.75. The first kappa shape index (κ1) is 13.7. The van der Waals surface area contributed by atoms with Crippen LogP contribution < -0.4 is 11.1 Å². The van der Waals surface area contributed by atoms with Crippen molar-refractivity contribution in [1.82, 2.24) is 4.98 Å². The summed E-state index contributed by atoms with van der Waals surface area (Å²) < 4.78 is 0.984. The highest BCUT2D eigenvalue weighted by Crippen LogP contribution is 2.24. The molecule has 0 aliphatic heterocycles. The van der Waals surface area contributed by atoms with Crippen molar-refractivity contribution in [2.24, 2.45) is 0 Å². The minimum Gasteiger partial charge on any atom is -0.399 e. The number of aryl methyl sites for hydroxylation is 1. The zero-order valence-corrected chi connectivity index (χ0v) is 13.0. The highest BCUT2D eigenvalue weighted by atomic mass is 79.9. The van der Waals surface area contributed by atoms with Gasteiger partial charge in [-0.2, -0.15) is 0 Å². The van der Waals surface area contributed by atoms with Crippen LogP contribution in [0.3, 0.4) is 0 Å². The lowest BCUT2D eigenvalue weighted by Crippen LogP contribution is -2.12. The Kier molecular flexibility index (Phi) is 3.43. The molecule has 3 rings (SSSR count). The zero-order valence-electron chi connectivity index (χ0n) is 11.4. The van der Waals surface area contributed by atoms with Gasteiger partial charge in [0.05, 0.1) is 5.56 Å². The van der Waals surface area contributed by atoms with E-state index in [-0.39, 0.29) is 5.91 Å². The fraction of sp³-hybridized carbons (Fsp3) is 0.0625. The molecule has 4 N–H and O–H groups in total. The molecule has 5 heteroatoms. The quantitative estimate of drug-likeness (QED) is 0.613. The van der Waals surface area contributed by atoms with E-state index in [1.165, 1.54) is 0 Å². The van der Waals surface area contributed by atoms with Crippen LogP contribution in [0.5, 0.6) is 0 Å². The molecule has 0 saturated heterocycles. The van der Waals surface area contributed by atoms with Crippen molar-refractivity contribution in [1.29, 1.82) is 0 Å². The van der Waals surface area contributed by atoms with Gasteiger partial charge in [-0.3, -0.25) is 4.79 Å². The molecule has 0 fully saturated rings. The maximum atomic E-state index is 12.5. The Bertz CT molecular complexity index is 839. The number of hydrogen-bond donors (Lipinski definition) is 3. The van der Waals surface area contributed by atoms with Gasteiger partial charge in [-0.05, 0) is 48.9 Å². The highest BCUT2D eigenvalue weighted by Gasteiger charge is 2.13. The maximum Gasteiger partial charge on any atom is 0.257 e. The number of carbonyl (C=O) groups is 1. The van der Waals surface area contributed by atoms with Gasteiger partial charge in [0, 0.05) is 32.9 Å².